The Morgan fingerprint density at radius 1 is 1.50 bits per heavy atom. The van der Waals surface area contributed by atoms with E-state index in [1.807, 2.05) is 0 Å². The van der Waals surface area contributed by atoms with Crippen molar-refractivity contribution in [3.63, 3.8) is 0 Å². The number of carbonyl (C=O) groups is 1. The SMILES string of the molecule is COC(CN)CC(=O)Nc1c(Cl)cc(F)cc1Cl. The van der Waals surface area contributed by atoms with Crippen molar-refractivity contribution < 1.29 is 13.9 Å². The Hall–Kier alpha value is -0.880. The van der Waals surface area contributed by atoms with Crippen molar-refractivity contribution in [2.24, 2.45) is 5.73 Å². The third-order valence-electron chi connectivity index (χ3n) is 2.28. The van der Waals surface area contributed by atoms with Crippen molar-refractivity contribution in [1.82, 2.24) is 0 Å². The second-order valence-corrected chi connectivity index (χ2v) is 4.40. The van der Waals surface area contributed by atoms with Crippen LogP contribution in [0.25, 0.3) is 0 Å². The van der Waals surface area contributed by atoms with E-state index in [0.717, 1.165) is 12.1 Å². The third-order valence-corrected chi connectivity index (χ3v) is 2.88. The van der Waals surface area contributed by atoms with E-state index in [0.29, 0.717) is 0 Å². The van der Waals surface area contributed by atoms with Gasteiger partial charge in [-0.15, -0.1) is 0 Å². The summed E-state index contributed by atoms with van der Waals surface area (Å²) in [4.78, 5) is 11.7. The molecule has 1 rings (SSSR count). The van der Waals surface area contributed by atoms with Gasteiger partial charge in [0, 0.05) is 13.7 Å². The molecule has 0 aliphatic carbocycles. The number of amides is 1. The van der Waals surface area contributed by atoms with Crippen LogP contribution in [0.2, 0.25) is 10.0 Å². The predicted molar refractivity (Wildman–Crippen MR) is 69.5 cm³/mol. The molecule has 0 saturated heterocycles. The summed E-state index contributed by atoms with van der Waals surface area (Å²) < 4.78 is 17.9. The molecule has 1 unspecified atom stereocenters. The van der Waals surface area contributed by atoms with Crippen molar-refractivity contribution in [3.8, 4) is 0 Å². The summed E-state index contributed by atoms with van der Waals surface area (Å²) in [5.41, 5.74) is 5.58. The lowest BCUT2D eigenvalue weighted by Crippen LogP contribution is -2.28. The van der Waals surface area contributed by atoms with Gasteiger partial charge in [0.15, 0.2) is 0 Å². The molecule has 1 atom stereocenters. The molecule has 1 amide bonds. The van der Waals surface area contributed by atoms with Gasteiger partial charge in [0.2, 0.25) is 5.91 Å². The first-order valence-corrected chi connectivity index (χ1v) is 5.90. The van der Waals surface area contributed by atoms with Gasteiger partial charge in [-0.1, -0.05) is 23.2 Å². The van der Waals surface area contributed by atoms with Gasteiger partial charge in [-0.3, -0.25) is 4.79 Å². The Morgan fingerprint density at radius 2 is 2.06 bits per heavy atom. The summed E-state index contributed by atoms with van der Waals surface area (Å²) in [6.07, 6.45) is -0.320. The Morgan fingerprint density at radius 3 is 2.50 bits per heavy atom. The lowest BCUT2D eigenvalue weighted by molar-refractivity contribution is -0.118. The number of nitrogens with two attached hydrogens (primary N) is 1. The smallest absolute Gasteiger partial charge is 0.227 e. The molecule has 18 heavy (non-hydrogen) atoms. The Bertz CT molecular complexity index is 416. The molecule has 100 valence electrons. The molecule has 1 aromatic rings. The zero-order chi connectivity index (χ0) is 13.7. The number of benzene rings is 1. The standard InChI is InChI=1S/C11H13Cl2FN2O2/c1-18-7(5-15)4-10(17)16-11-8(12)2-6(14)3-9(11)13/h2-3,7H,4-5,15H2,1H3,(H,16,17). The van der Waals surface area contributed by atoms with Crippen molar-refractivity contribution in [1.29, 1.82) is 0 Å². The van der Waals surface area contributed by atoms with Gasteiger partial charge < -0.3 is 15.8 Å². The summed E-state index contributed by atoms with van der Waals surface area (Å²) in [5.74, 6) is -0.928. The molecule has 0 heterocycles. The van der Waals surface area contributed by atoms with Gasteiger partial charge in [0.25, 0.3) is 0 Å². The Labute approximate surface area is 114 Å². The van der Waals surface area contributed by atoms with Crippen LogP contribution in [0.4, 0.5) is 10.1 Å². The number of nitrogens with one attached hydrogen (secondary N) is 1. The third kappa shape index (κ3) is 4.10. The second kappa shape index (κ2) is 6.89. The molecule has 0 aliphatic rings. The van der Waals surface area contributed by atoms with E-state index < -0.39 is 5.82 Å². The van der Waals surface area contributed by atoms with Crippen LogP contribution in [-0.2, 0) is 9.53 Å². The molecule has 0 fully saturated rings. The molecular weight excluding hydrogens is 282 g/mol. The van der Waals surface area contributed by atoms with Gasteiger partial charge in [-0.05, 0) is 12.1 Å². The highest BCUT2D eigenvalue weighted by Gasteiger charge is 2.15. The average Bonchev–Trinajstić information content (AvgIpc) is 2.30. The Kier molecular flexibility index (Phi) is 5.81. The average molecular weight is 295 g/mol. The summed E-state index contributed by atoms with van der Waals surface area (Å²) in [5, 5.41) is 2.57. The monoisotopic (exact) mass is 294 g/mol. The quantitative estimate of drug-likeness (QED) is 0.877. The number of halogens is 3. The number of hydrogen-bond acceptors (Lipinski definition) is 3. The molecule has 7 heteroatoms. The molecule has 1 aromatic carbocycles. The number of carbonyl (C=O) groups excluding carboxylic acids is 1. The van der Waals surface area contributed by atoms with Crippen molar-refractivity contribution in [2.75, 3.05) is 19.0 Å². The molecule has 4 nitrogen and oxygen atoms in total. The maximum absolute atomic E-state index is 12.9. The van der Waals surface area contributed by atoms with E-state index in [1.54, 1.807) is 0 Å². The zero-order valence-corrected chi connectivity index (χ0v) is 11.2. The summed E-state index contributed by atoms with van der Waals surface area (Å²) in [6.45, 7) is 0.217. The second-order valence-electron chi connectivity index (χ2n) is 3.59. The Balaban J connectivity index is 2.76. The van der Waals surface area contributed by atoms with E-state index in [-0.39, 0.29) is 40.7 Å². The highest BCUT2D eigenvalue weighted by Crippen LogP contribution is 2.31. The largest absolute Gasteiger partial charge is 0.380 e. The van der Waals surface area contributed by atoms with Crippen molar-refractivity contribution in [3.05, 3.63) is 28.0 Å². The van der Waals surface area contributed by atoms with Crippen molar-refractivity contribution in [2.45, 2.75) is 12.5 Å². The van der Waals surface area contributed by atoms with E-state index in [1.165, 1.54) is 7.11 Å². The first-order chi connectivity index (χ1) is 8.47. The van der Waals surface area contributed by atoms with E-state index in [4.69, 9.17) is 33.7 Å². The number of hydrogen-bond donors (Lipinski definition) is 2. The van der Waals surface area contributed by atoms with E-state index >= 15 is 0 Å². The summed E-state index contributed by atoms with van der Waals surface area (Å²) in [6, 6.07) is 2.14. The van der Waals surface area contributed by atoms with Gasteiger partial charge in [-0.25, -0.2) is 4.39 Å². The highest BCUT2D eigenvalue weighted by molar-refractivity contribution is 6.39. The van der Waals surface area contributed by atoms with Crippen LogP contribution in [-0.4, -0.2) is 25.7 Å². The number of anilines is 1. The molecular formula is C11H13Cl2FN2O2. The molecule has 0 radical (unpaired) electrons. The number of methoxy groups -OCH3 is 1. The molecule has 0 saturated carbocycles. The maximum Gasteiger partial charge on any atom is 0.227 e. The fourth-order valence-electron chi connectivity index (χ4n) is 1.32. The normalized spacial score (nSPS) is 12.3. The van der Waals surface area contributed by atoms with Crippen LogP contribution in [0, 0.1) is 5.82 Å². The molecule has 3 N–H and O–H groups in total. The van der Waals surface area contributed by atoms with Gasteiger partial charge in [0.1, 0.15) is 5.82 Å². The van der Waals surface area contributed by atoms with Crippen LogP contribution < -0.4 is 11.1 Å². The lowest BCUT2D eigenvalue weighted by atomic mass is 10.2. The lowest BCUT2D eigenvalue weighted by Gasteiger charge is -2.14. The topological polar surface area (TPSA) is 64.3 Å². The number of ether oxygens (including phenoxy) is 1. The zero-order valence-electron chi connectivity index (χ0n) is 9.67. The molecule has 0 aliphatic heterocycles. The van der Waals surface area contributed by atoms with Gasteiger partial charge >= 0.3 is 0 Å². The van der Waals surface area contributed by atoms with E-state index in [9.17, 15) is 9.18 Å². The minimum atomic E-state index is -0.570. The first kappa shape index (κ1) is 15.2. The minimum Gasteiger partial charge on any atom is -0.380 e. The fourth-order valence-corrected chi connectivity index (χ4v) is 1.88. The van der Waals surface area contributed by atoms with Crippen LogP contribution >= 0.6 is 23.2 Å². The van der Waals surface area contributed by atoms with Gasteiger partial charge in [0.05, 0.1) is 28.3 Å². The molecule has 0 bridgehead atoms. The summed E-state index contributed by atoms with van der Waals surface area (Å²) in [7, 11) is 1.46. The maximum atomic E-state index is 12.9. The predicted octanol–water partition coefficient (Wildman–Crippen LogP) is 2.43. The van der Waals surface area contributed by atoms with E-state index in [2.05, 4.69) is 5.32 Å². The minimum absolute atomic E-state index is 0.0371. The van der Waals surface area contributed by atoms with Crippen LogP contribution in [0.1, 0.15) is 6.42 Å². The van der Waals surface area contributed by atoms with Crippen LogP contribution in [0.15, 0.2) is 12.1 Å². The van der Waals surface area contributed by atoms with Gasteiger partial charge in [-0.2, -0.15) is 0 Å². The van der Waals surface area contributed by atoms with Crippen molar-refractivity contribution >= 4 is 34.8 Å². The summed E-state index contributed by atoms with van der Waals surface area (Å²) >= 11 is 11.6. The molecule has 0 aromatic heterocycles. The highest BCUT2D eigenvalue weighted by atomic mass is 35.5. The van der Waals surface area contributed by atoms with Crippen LogP contribution in [0.3, 0.4) is 0 Å². The molecule has 0 spiro atoms. The van der Waals surface area contributed by atoms with Crippen LogP contribution in [0.5, 0.6) is 0 Å². The first-order valence-electron chi connectivity index (χ1n) is 5.15. The number of rotatable bonds is 5. The fraction of sp³-hybridized carbons (Fsp3) is 0.364.